The highest BCUT2D eigenvalue weighted by atomic mass is 16.5. The zero-order valence-corrected chi connectivity index (χ0v) is 15.9. The van der Waals surface area contributed by atoms with Crippen molar-refractivity contribution in [1.82, 2.24) is 10.3 Å². The Kier molecular flexibility index (Phi) is 7.01. The van der Waals surface area contributed by atoms with Crippen LogP contribution in [-0.2, 0) is 17.8 Å². The number of carbonyl (C=O) groups excluding carboxylic acids is 1. The number of pyridine rings is 1. The first-order chi connectivity index (χ1) is 13.7. The summed E-state index contributed by atoms with van der Waals surface area (Å²) in [6, 6.07) is 21.0. The van der Waals surface area contributed by atoms with Crippen molar-refractivity contribution in [3.05, 3.63) is 84.1 Å². The maximum atomic E-state index is 12.2. The third-order valence-corrected chi connectivity index (χ3v) is 4.14. The maximum absolute atomic E-state index is 12.2. The number of ether oxygens (including phenoxy) is 2. The van der Waals surface area contributed by atoms with Crippen molar-refractivity contribution in [2.45, 2.75) is 26.3 Å². The Hall–Kier alpha value is -3.34. The van der Waals surface area contributed by atoms with E-state index < -0.39 is 0 Å². The minimum Gasteiger partial charge on any atom is -0.494 e. The van der Waals surface area contributed by atoms with Gasteiger partial charge in [0.1, 0.15) is 11.5 Å². The summed E-state index contributed by atoms with van der Waals surface area (Å²) in [5.41, 5.74) is 2.02. The first-order valence-electron chi connectivity index (χ1n) is 9.40. The van der Waals surface area contributed by atoms with E-state index in [9.17, 15) is 4.79 Å². The predicted octanol–water partition coefficient (Wildman–Crippen LogP) is 4.52. The van der Waals surface area contributed by atoms with Gasteiger partial charge in [0, 0.05) is 25.2 Å². The number of para-hydroxylation sites is 1. The molecule has 1 N–H and O–H groups in total. The molecule has 0 saturated heterocycles. The lowest BCUT2D eigenvalue weighted by Gasteiger charge is -2.10. The summed E-state index contributed by atoms with van der Waals surface area (Å²) in [4.78, 5) is 16.4. The Bertz CT molecular complexity index is 897. The van der Waals surface area contributed by atoms with Gasteiger partial charge in [0.2, 0.25) is 11.8 Å². The Morgan fingerprint density at radius 3 is 2.71 bits per heavy atom. The van der Waals surface area contributed by atoms with Gasteiger partial charge in [0.15, 0.2) is 0 Å². The lowest BCUT2D eigenvalue weighted by Crippen LogP contribution is -2.23. The molecule has 0 unspecified atom stereocenters. The molecule has 3 aromatic rings. The molecule has 5 nitrogen and oxygen atoms in total. The van der Waals surface area contributed by atoms with Gasteiger partial charge >= 0.3 is 0 Å². The summed E-state index contributed by atoms with van der Waals surface area (Å²) in [5.74, 6) is 2.08. The molecule has 3 rings (SSSR count). The Balaban J connectivity index is 1.50. The molecule has 2 aromatic carbocycles. The van der Waals surface area contributed by atoms with Crippen LogP contribution >= 0.6 is 0 Å². The van der Waals surface area contributed by atoms with Crippen molar-refractivity contribution in [3.63, 3.8) is 0 Å². The molecule has 0 fully saturated rings. The molecule has 1 amide bonds. The summed E-state index contributed by atoms with van der Waals surface area (Å²) in [5, 5.41) is 2.96. The van der Waals surface area contributed by atoms with Gasteiger partial charge in [0.25, 0.3) is 0 Å². The molecular formula is C23H24N2O3. The highest BCUT2D eigenvalue weighted by molar-refractivity contribution is 5.76. The van der Waals surface area contributed by atoms with E-state index in [1.165, 1.54) is 0 Å². The molecule has 28 heavy (non-hydrogen) atoms. The monoisotopic (exact) mass is 376 g/mol. The number of amides is 1. The first kappa shape index (κ1) is 19.4. The van der Waals surface area contributed by atoms with E-state index in [0.717, 1.165) is 16.9 Å². The topological polar surface area (TPSA) is 60.5 Å². The van der Waals surface area contributed by atoms with Gasteiger partial charge in [-0.15, -0.1) is 0 Å². The van der Waals surface area contributed by atoms with Crippen molar-refractivity contribution >= 4 is 5.91 Å². The zero-order valence-electron chi connectivity index (χ0n) is 15.9. The Morgan fingerprint density at radius 1 is 1.04 bits per heavy atom. The molecular weight excluding hydrogens is 352 g/mol. The Labute approximate surface area is 165 Å². The van der Waals surface area contributed by atoms with Crippen LogP contribution in [0.2, 0.25) is 0 Å². The van der Waals surface area contributed by atoms with Crippen molar-refractivity contribution in [3.8, 4) is 17.4 Å². The third-order valence-electron chi connectivity index (χ3n) is 4.14. The smallest absolute Gasteiger partial charge is 0.220 e. The summed E-state index contributed by atoms with van der Waals surface area (Å²) in [7, 11) is 0. The normalized spacial score (nSPS) is 10.3. The summed E-state index contributed by atoms with van der Waals surface area (Å²) in [6.45, 7) is 3.01. The number of nitrogens with zero attached hydrogens (tertiary/aromatic N) is 1. The number of nitrogens with one attached hydrogen (secondary N) is 1. The van der Waals surface area contributed by atoms with Crippen LogP contribution in [0.1, 0.15) is 24.5 Å². The second-order valence-corrected chi connectivity index (χ2v) is 6.23. The van der Waals surface area contributed by atoms with Gasteiger partial charge in [-0.3, -0.25) is 4.79 Å². The highest BCUT2D eigenvalue weighted by Crippen LogP contribution is 2.21. The molecule has 0 bridgehead atoms. The fourth-order valence-corrected chi connectivity index (χ4v) is 2.79. The van der Waals surface area contributed by atoms with Gasteiger partial charge in [-0.05, 0) is 48.7 Å². The molecule has 0 saturated carbocycles. The summed E-state index contributed by atoms with van der Waals surface area (Å²) in [6.07, 6.45) is 2.74. The lowest BCUT2D eigenvalue weighted by atomic mass is 10.1. The first-order valence-corrected chi connectivity index (χ1v) is 9.40. The van der Waals surface area contributed by atoms with E-state index in [1.807, 2.05) is 67.6 Å². The summed E-state index contributed by atoms with van der Waals surface area (Å²) >= 11 is 0. The van der Waals surface area contributed by atoms with E-state index >= 15 is 0 Å². The minimum atomic E-state index is 0.00217. The van der Waals surface area contributed by atoms with Crippen LogP contribution in [0, 0.1) is 0 Å². The molecule has 1 heterocycles. The van der Waals surface area contributed by atoms with E-state index in [0.29, 0.717) is 37.6 Å². The molecule has 1 aromatic heterocycles. The lowest BCUT2D eigenvalue weighted by molar-refractivity contribution is -0.121. The average molecular weight is 376 g/mol. The maximum Gasteiger partial charge on any atom is 0.220 e. The number of hydrogen-bond acceptors (Lipinski definition) is 4. The van der Waals surface area contributed by atoms with E-state index in [4.69, 9.17) is 9.47 Å². The van der Waals surface area contributed by atoms with E-state index in [1.54, 1.807) is 12.3 Å². The third kappa shape index (κ3) is 5.84. The molecule has 0 aliphatic rings. The second kappa shape index (κ2) is 10.1. The van der Waals surface area contributed by atoms with Crippen LogP contribution < -0.4 is 14.8 Å². The Morgan fingerprint density at radius 2 is 1.89 bits per heavy atom. The van der Waals surface area contributed by atoms with Crippen LogP contribution in [0.3, 0.4) is 0 Å². The average Bonchev–Trinajstić information content (AvgIpc) is 2.73. The van der Waals surface area contributed by atoms with Gasteiger partial charge in [-0.2, -0.15) is 0 Å². The SMILES string of the molecule is CCOc1ccccc1CCC(=O)NCc1cccc(Oc2ccccn2)c1. The number of aromatic nitrogens is 1. The van der Waals surface area contributed by atoms with Crippen LogP contribution in [-0.4, -0.2) is 17.5 Å². The van der Waals surface area contributed by atoms with E-state index in [-0.39, 0.29) is 5.91 Å². The van der Waals surface area contributed by atoms with Gasteiger partial charge < -0.3 is 14.8 Å². The quantitative estimate of drug-likeness (QED) is 0.596. The van der Waals surface area contributed by atoms with Crippen LogP contribution in [0.4, 0.5) is 0 Å². The van der Waals surface area contributed by atoms with Crippen LogP contribution in [0.15, 0.2) is 72.9 Å². The predicted molar refractivity (Wildman–Crippen MR) is 109 cm³/mol. The molecule has 0 aliphatic carbocycles. The standard InChI is InChI=1S/C23H24N2O3/c1-2-27-21-11-4-3-9-19(21)13-14-22(26)25-17-18-8-7-10-20(16-18)28-23-12-5-6-15-24-23/h3-12,15-16H,2,13-14,17H2,1H3,(H,25,26). The molecule has 0 radical (unpaired) electrons. The largest absolute Gasteiger partial charge is 0.494 e. The number of carbonyl (C=O) groups is 1. The van der Waals surface area contributed by atoms with Gasteiger partial charge in [0.05, 0.1) is 6.61 Å². The number of rotatable bonds is 9. The summed E-state index contributed by atoms with van der Waals surface area (Å²) < 4.78 is 11.3. The van der Waals surface area contributed by atoms with Crippen molar-refractivity contribution in [2.75, 3.05) is 6.61 Å². The zero-order chi connectivity index (χ0) is 19.6. The van der Waals surface area contributed by atoms with Crippen molar-refractivity contribution in [2.24, 2.45) is 0 Å². The molecule has 5 heteroatoms. The van der Waals surface area contributed by atoms with Crippen molar-refractivity contribution < 1.29 is 14.3 Å². The molecule has 0 spiro atoms. The van der Waals surface area contributed by atoms with Gasteiger partial charge in [-0.1, -0.05) is 36.4 Å². The minimum absolute atomic E-state index is 0.00217. The highest BCUT2D eigenvalue weighted by Gasteiger charge is 2.07. The molecule has 0 aliphatic heterocycles. The van der Waals surface area contributed by atoms with E-state index in [2.05, 4.69) is 10.3 Å². The number of hydrogen-bond donors (Lipinski definition) is 1. The molecule has 0 atom stereocenters. The fourth-order valence-electron chi connectivity index (χ4n) is 2.79. The fraction of sp³-hybridized carbons (Fsp3) is 0.217. The van der Waals surface area contributed by atoms with Gasteiger partial charge in [-0.25, -0.2) is 4.98 Å². The number of aryl methyl sites for hydroxylation is 1. The molecule has 144 valence electrons. The number of benzene rings is 2. The van der Waals surface area contributed by atoms with Crippen LogP contribution in [0.25, 0.3) is 0 Å². The van der Waals surface area contributed by atoms with Crippen LogP contribution in [0.5, 0.6) is 17.4 Å². The van der Waals surface area contributed by atoms with Crippen molar-refractivity contribution in [1.29, 1.82) is 0 Å². The second-order valence-electron chi connectivity index (χ2n) is 6.23.